The Hall–Kier alpha value is -2.00. The van der Waals surface area contributed by atoms with E-state index in [1.54, 1.807) is 0 Å². The van der Waals surface area contributed by atoms with Crippen LogP contribution in [0.3, 0.4) is 0 Å². The van der Waals surface area contributed by atoms with Crippen LogP contribution in [-0.4, -0.2) is 25.3 Å². The SMILES string of the molecule is CC(C)Oc1ccc(C(O)c2cccc(N(C)C)c2)cc1. The topological polar surface area (TPSA) is 32.7 Å². The van der Waals surface area contributed by atoms with E-state index in [1.807, 2.05) is 81.4 Å². The Balaban J connectivity index is 2.19. The van der Waals surface area contributed by atoms with Crippen LogP contribution >= 0.6 is 0 Å². The number of ether oxygens (including phenoxy) is 1. The van der Waals surface area contributed by atoms with Gasteiger partial charge in [-0.1, -0.05) is 24.3 Å². The third kappa shape index (κ3) is 3.99. The number of anilines is 1. The largest absolute Gasteiger partial charge is 0.491 e. The van der Waals surface area contributed by atoms with E-state index in [9.17, 15) is 5.11 Å². The first-order valence-corrected chi connectivity index (χ1v) is 7.19. The molecule has 3 heteroatoms. The van der Waals surface area contributed by atoms with E-state index in [0.717, 1.165) is 22.6 Å². The summed E-state index contributed by atoms with van der Waals surface area (Å²) >= 11 is 0. The Morgan fingerprint density at radius 3 is 2.19 bits per heavy atom. The van der Waals surface area contributed by atoms with Crippen molar-refractivity contribution >= 4 is 5.69 Å². The zero-order chi connectivity index (χ0) is 15.4. The Kier molecular flexibility index (Phi) is 4.86. The summed E-state index contributed by atoms with van der Waals surface area (Å²) in [5, 5.41) is 10.5. The molecule has 0 fully saturated rings. The molecule has 0 aliphatic carbocycles. The maximum absolute atomic E-state index is 10.5. The zero-order valence-electron chi connectivity index (χ0n) is 13.1. The molecule has 0 radical (unpaired) electrons. The molecule has 2 rings (SSSR count). The molecule has 1 unspecified atom stereocenters. The van der Waals surface area contributed by atoms with Gasteiger partial charge in [0.05, 0.1) is 6.10 Å². The number of hydrogen-bond acceptors (Lipinski definition) is 3. The van der Waals surface area contributed by atoms with Crippen molar-refractivity contribution in [2.24, 2.45) is 0 Å². The highest BCUT2D eigenvalue weighted by Crippen LogP contribution is 2.26. The van der Waals surface area contributed by atoms with E-state index in [-0.39, 0.29) is 6.10 Å². The number of nitrogens with zero attached hydrogens (tertiary/aromatic N) is 1. The van der Waals surface area contributed by atoms with Crippen molar-refractivity contribution in [3.8, 4) is 5.75 Å². The quantitative estimate of drug-likeness (QED) is 0.910. The molecule has 2 aromatic carbocycles. The van der Waals surface area contributed by atoms with Crippen molar-refractivity contribution in [2.45, 2.75) is 26.1 Å². The van der Waals surface area contributed by atoms with Crippen LogP contribution in [0.25, 0.3) is 0 Å². The lowest BCUT2D eigenvalue weighted by Gasteiger charge is -2.17. The third-order valence-electron chi connectivity index (χ3n) is 3.27. The van der Waals surface area contributed by atoms with Crippen molar-refractivity contribution in [1.29, 1.82) is 0 Å². The summed E-state index contributed by atoms with van der Waals surface area (Å²) in [5.74, 6) is 0.822. The van der Waals surface area contributed by atoms with Gasteiger partial charge in [-0.15, -0.1) is 0 Å². The molecule has 0 saturated carbocycles. The summed E-state index contributed by atoms with van der Waals surface area (Å²) in [5.41, 5.74) is 2.83. The Morgan fingerprint density at radius 2 is 1.62 bits per heavy atom. The lowest BCUT2D eigenvalue weighted by Crippen LogP contribution is -2.09. The van der Waals surface area contributed by atoms with Crippen LogP contribution in [0.4, 0.5) is 5.69 Å². The molecule has 0 bridgehead atoms. The fraction of sp³-hybridized carbons (Fsp3) is 0.333. The molecule has 0 saturated heterocycles. The van der Waals surface area contributed by atoms with Crippen molar-refractivity contribution < 1.29 is 9.84 Å². The van der Waals surface area contributed by atoms with Crippen molar-refractivity contribution in [1.82, 2.24) is 0 Å². The number of aliphatic hydroxyl groups excluding tert-OH is 1. The smallest absolute Gasteiger partial charge is 0.119 e. The molecular weight excluding hydrogens is 262 g/mol. The normalized spacial score (nSPS) is 12.3. The van der Waals surface area contributed by atoms with Gasteiger partial charge in [0.15, 0.2) is 0 Å². The van der Waals surface area contributed by atoms with Gasteiger partial charge in [-0.2, -0.15) is 0 Å². The molecule has 21 heavy (non-hydrogen) atoms. The molecule has 0 heterocycles. The maximum Gasteiger partial charge on any atom is 0.119 e. The highest BCUT2D eigenvalue weighted by molar-refractivity contribution is 5.49. The molecule has 1 N–H and O–H groups in total. The predicted molar refractivity (Wildman–Crippen MR) is 87.0 cm³/mol. The average molecular weight is 285 g/mol. The van der Waals surface area contributed by atoms with E-state index < -0.39 is 6.10 Å². The van der Waals surface area contributed by atoms with E-state index in [4.69, 9.17) is 4.74 Å². The number of aliphatic hydroxyl groups is 1. The van der Waals surface area contributed by atoms with Crippen LogP contribution in [0.2, 0.25) is 0 Å². The van der Waals surface area contributed by atoms with Crippen molar-refractivity contribution in [2.75, 3.05) is 19.0 Å². The summed E-state index contributed by atoms with van der Waals surface area (Å²) in [7, 11) is 3.98. The van der Waals surface area contributed by atoms with Gasteiger partial charge in [-0.25, -0.2) is 0 Å². The molecule has 0 aliphatic heterocycles. The van der Waals surface area contributed by atoms with Gasteiger partial charge in [0.2, 0.25) is 0 Å². The minimum atomic E-state index is -0.627. The molecule has 0 spiro atoms. The number of benzene rings is 2. The summed E-state index contributed by atoms with van der Waals surface area (Å²) < 4.78 is 5.62. The van der Waals surface area contributed by atoms with Gasteiger partial charge in [-0.05, 0) is 49.2 Å². The van der Waals surface area contributed by atoms with Gasteiger partial charge in [0.1, 0.15) is 11.9 Å². The molecule has 2 aromatic rings. The Labute approximate surface area is 126 Å². The first kappa shape index (κ1) is 15.4. The minimum absolute atomic E-state index is 0.151. The van der Waals surface area contributed by atoms with E-state index >= 15 is 0 Å². The van der Waals surface area contributed by atoms with Crippen LogP contribution in [0.1, 0.15) is 31.1 Å². The molecule has 0 aliphatic rings. The Bertz CT molecular complexity index is 576. The standard InChI is InChI=1S/C18H23NO2/c1-13(2)21-17-10-8-14(9-11-17)18(20)15-6-5-7-16(12-15)19(3)4/h5-13,18,20H,1-4H3. The summed E-state index contributed by atoms with van der Waals surface area (Å²) in [6.45, 7) is 3.99. The van der Waals surface area contributed by atoms with Gasteiger partial charge < -0.3 is 14.7 Å². The second-order valence-electron chi connectivity index (χ2n) is 5.63. The fourth-order valence-corrected chi connectivity index (χ4v) is 2.17. The van der Waals surface area contributed by atoms with E-state index in [2.05, 4.69) is 0 Å². The minimum Gasteiger partial charge on any atom is -0.491 e. The van der Waals surface area contributed by atoms with Gasteiger partial charge in [0, 0.05) is 19.8 Å². The van der Waals surface area contributed by atoms with Gasteiger partial charge in [0.25, 0.3) is 0 Å². The van der Waals surface area contributed by atoms with E-state index in [1.165, 1.54) is 0 Å². The maximum atomic E-state index is 10.5. The molecule has 112 valence electrons. The van der Waals surface area contributed by atoms with Crippen molar-refractivity contribution in [3.05, 3.63) is 59.7 Å². The number of hydrogen-bond donors (Lipinski definition) is 1. The second kappa shape index (κ2) is 6.64. The summed E-state index contributed by atoms with van der Waals surface area (Å²) in [4.78, 5) is 2.02. The van der Waals surface area contributed by atoms with Crippen LogP contribution in [0.5, 0.6) is 5.75 Å². The van der Waals surface area contributed by atoms with Crippen LogP contribution < -0.4 is 9.64 Å². The average Bonchev–Trinajstić information content (AvgIpc) is 2.47. The predicted octanol–water partition coefficient (Wildman–Crippen LogP) is 3.62. The van der Waals surface area contributed by atoms with Crippen molar-refractivity contribution in [3.63, 3.8) is 0 Å². The van der Waals surface area contributed by atoms with Gasteiger partial charge in [-0.3, -0.25) is 0 Å². The molecular formula is C18H23NO2. The molecule has 3 nitrogen and oxygen atoms in total. The van der Waals surface area contributed by atoms with Crippen LogP contribution in [0.15, 0.2) is 48.5 Å². The Morgan fingerprint density at radius 1 is 0.952 bits per heavy atom. The second-order valence-corrected chi connectivity index (χ2v) is 5.63. The third-order valence-corrected chi connectivity index (χ3v) is 3.27. The highest BCUT2D eigenvalue weighted by atomic mass is 16.5. The van der Waals surface area contributed by atoms with E-state index in [0.29, 0.717) is 0 Å². The summed E-state index contributed by atoms with van der Waals surface area (Å²) in [6.07, 6.45) is -0.476. The molecule has 0 amide bonds. The first-order chi connectivity index (χ1) is 9.97. The lowest BCUT2D eigenvalue weighted by molar-refractivity contribution is 0.219. The van der Waals surface area contributed by atoms with Crippen LogP contribution in [0, 0.1) is 0 Å². The fourth-order valence-electron chi connectivity index (χ4n) is 2.17. The molecule has 0 aromatic heterocycles. The zero-order valence-corrected chi connectivity index (χ0v) is 13.1. The number of rotatable bonds is 5. The summed E-state index contributed by atoms with van der Waals surface area (Å²) in [6, 6.07) is 15.5. The highest BCUT2D eigenvalue weighted by Gasteiger charge is 2.11. The van der Waals surface area contributed by atoms with Gasteiger partial charge >= 0.3 is 0 Å². The van der Waals surface area contributed by atoms with Crippen LogP contribution in [-0.2, 0) is 0 Å². The monoisotopic (exact) mass is 285 g/mol. The lowest BCUT2D eigenvalue weighted by atomic mass is 10.0. The molecule has 1 atom stereocenters. The first-order valence-electron chi connectivity index (χ1n) is 7.19.